The van der Waals surface area contributed by atoms with Gasteiger partial charge in [0.25, 0.3) is 0 Å². The highest BCUT2D eigenvalue weighted by Gasteiger charge is 2.42. The molecule has 0 saturated heterocycles. The van der Waals surface area contributed by atoms with Crippen LogP contribution in [0.3, 0.4) is 0 Å². The Kier molecular flexibility index (Phi) is 4.17. The van der Waals surface area contributed by atoms with Gasteiger partial charge in [-0.15, -0.1) is 0 Å². The van der Waals surface area contributed by atoms with Crippen LogP contribution < -0.4 is 9.47 Å². The summed E-state index contributed by atoms with van der Waals surface area (Å²) < 4.78 is 48.7. The third-order valence-electron chi connectivity index (χ3n) is 3.11. The van der Waals surface area contributed by atoms with Crippen LogP contribution in [0.5, 0.6) is 17.2 Å². The van der Waals surface area contributed by atoms with E-state index in [1.54, 1.807) is 30.3 Å². The fourth-order valence-electron chi connectivity index (χ4n) is 2.07. The van der Waals surface area contributed by atoms with Crippen molar-refractivity contribution in [1.82, 2.24) is 0 Å². The molecule has 0 bridgehead atoms. The predicted octanol–water partition coefficient (Wildman–Crippen LogP) is 6.12. The first-order valence-corrected chi connectivity index (χ1v) is 7.27. The van der Waals surface area contributed by atoms with Crippen LogP contribution in [0, 0.1) is 0 Å². The van der Waals surface area contributed by atoms with Crippen LogP contribution in [0.4, 0.5) is 13.2 Å². The maximum absolute atomic E-state index is 12.7. The molecule has 0 radical (unpaired) electrons. The van der Waals surface area contributed by atoms with Crippen molar-refractivity contribution in [3.8, 4) is 17.2 Å². The maximum Gasteiger partial charge on any atom is 0.429 e. The van der Waals surface area contributed by atoms with Crippen LogP contribution >= 0.6 is 23.2 Å². The lowest BCUT2D eigenvalue weighted by Gasteiger charge is -2.24. The number of fused-ring (bicyclic) bond motifs is 1. The Hall–Kier alpha value is -1.85. The summed E-state index contributed by atoms with van der Waals surface area (Å²) in [6.07, 6.45) is -4.24. The molecule has 0 fully saturated rings. The van der Waals surface area contributed by atoms with Crippen molar-refractivity contribution < 1.29 is 22.6 Å². The number of alkyl halides is 3. The Labute approximate surface area is 140 Å². The van der Waals surface area contributed by atoms with Crippen molar-refractivity contribution in [2.24, 2.45) is 0 Å². The standard InChI is InChI=1S/C16H9Cl2F3O2/c17-10-2-4-11(5-3-10)22-12-7-9-1-6-14(16(19,20)21)23-15(9)13(18)8-12/h1-8,14H/t14-/m0/s1. The van der Waals surface area contributed by atoms with E-state index < -0.39 is 12.3 Å². The molecular weight excluding hydrogens is 352 g/mol. The van der Waals surface area contributed by atoms with Gasteiger partial charge in [0.15, 0.2) is 0 Å². The SMILES string of the molecule is FC(F)(F)[C@@H]1C=Cc2cc(Oc3ccc(Cl)cc3)cc(Cl)c2O1. The minimum Gasteiger partial charge on any atom is -0.475 e. The summed E-state index contributed by atoms with van der Waals surface area (Å²) in [5, 5.41) is 0.611. The molecule has 2 aromatic rings. The van der Waals surface area contributed by atoms with E-state index in [-0.39, 0.29) is 10.8 Å². The molecule has 0 aliphatic carbocycles. The largest absolute Gasteiger partial charge is 0.475 e. The van der Waals surface area contributed by atoms with E-state index in [4.69, 9.17) is 32.7 Å². The molecule has 2 aromatic carbocycles. The molecule has 0 saturated carbocycles. The van der Waals surface area contributed by atoms with Crippen LogP contribution in [0.2, 0.25) is 10.0 Å². The summed E-state index contributed by atoms with van der Waals surface area (Å²) in [6, 6.07) is 9.62. The average Bonchev–Trinajstić information content (AvgIpc) is 2.48. The van der Waals surface area contributed by atoms with Gasteiger partial charge in [-0.2, -0.15) is 13.2 Å². The lowest BCUT2D eigenvalue weighted by Crippen LogP contribution is -2.33. The molecule has 0 amide bonds. The summed E-state index contributed by atoms with van der Waals surface area (Å²) >= 11 is 11.8. The Bertz CT molecular complexity index is 755. The second-order valence-electron chi connectivity index (χ2n) is 4.82. The number of hydrogen-bond donors (Lipinski definition) is 0. The van der Waals surface area contributed by atoms with Gasteiger partial charge < -0.3 is 9.47 Å². The second kappa shape index (κ2) is 5.98. The molecule has 1 aliphatic heterocycles. The van der Waals surface area contributed by atoms with Gasteiger partial charge in [0.05, 0.1) is 5.02 Å². The van der Waals surface area contributed by atoms with E-state index in [1.165, 1.54) is 12.1 Å². The molecule has 23 heavy (non-hydrogen) atoms. The van der Waals surface area contributed by atoms with Gasteiger partial charge in [-0.3, -0.25) is 0 Å². The molecule has 1 heterocycles. The van der Waals surface area contributed by atoms with Crippen LogP contribution in [-0.2, 0) is 0 Å². The van der Waals surface area contributed by atoms with Gasteiger partial charge in [-0.25, -0.2) is 0 Å². The van der Waals surface area contributed by atoms with E-state index in [1.807, 2.05) is 0 Å². The van der Waals surface area contributed by atoms with E-state index in [2.05, 4.69) is 0 Å². The fraction of sp³-hybridized carbons (Fsp3) is 0.125. The summed E-state index contributed by atoms with van der Waals surface area (Å²) in [6.45, 7) is 0. The lowest BCUT2D eigenvalue weighted by molar-refractivity contribution is -0.180. The molecule has 7 heteroatoms. The van der Waals surface area contributed by atoms with Crippen molar-refractivity contribution in [1.29, 1.82) is 0 Å². The first kappa shape index (κ1) is 16.0. The Morgan fingerprint density at radius 2 is 1.70 bits per heavy atom. The first-order chi connectivity index (χ1) is 10.8. The first-order valence-electron chi connectivity index (χ1n) is 6.51. The van der Waals surface area contributed by atoms with Crippen LogP contribution in [0.1, 0.15) is 5.56 Å². The normalized spacial score (nSPS) is 16.7. The van der Waals surface area contributed by atoms with Crippen molar-refractivity contribution in [3.05, 3.63) is 58.1 Å². The molecule has 0 spiro atoms. The lowest BCUT2D eigenvalue weighted by atomic mass is 10.1. The zero-order valence-corrected chi connectivity index (χ0v) is 12.9. The number of ether oxygens (including phenoxy) is 2. The van der Waals surface area contributed by atoms with Gasteiger partial charge in [0.2, 0.25) is 6.10 Å². The Morgan fingerprint density at radius 1 is 1.00 bits per heavy atom. The average molecular weight is 361 g/mol. The van der Waals surface area contributed by atoms with Crippen molar-refractivity contribution in [2.75, 3.05) is 0 Å². The highest BCUT2D eigenvalue weighted by Crippen LogP contribution is 2.41. The van der Waals surface area contributed by atoms with Gasteiger partial charge in [-0.05, 0) is 36.4 Å². The van der Waals surface area contributed by atoms with Gasteiger partial charge >= 0.3 is 6.18 Å². The van der Waals surface area contributed by atoms with Crippen molar-refractivity contribution in [2.45, 2.75) is 12.3 Å². The zero-order valence-electron chi connectivity index (χ0n) is 11.4. The Morgan fingerprint density at radius 3 is 2.35 bits per heavy atom. The van der Waals surface area contributed by atoms with E-state index in [0.29, 0.717) is 22.1 Å². The molecule has 120 valence electrons. The van der Waals surface area contributed by atoms with E-state index in [0.717, 1.165) is 6.08 Å². The summed E-state index contributed by atoms with van der Waals surface area (Å²) in [5.74, 6) is 0.897. The quantitative estimate of drug-likeness (QED) is 0.641. The molecule has 1 aliphatic rings. The number of hydrogen-bond acceptors (Lipinski definition) is 2. The predicted molar refractivity (Wildman–Crippen MR) is 82.5 cm³/mol. The van der Waals surface area contributed by atoms with Gasteiger partial charge in [0.1, 0.15) is 17.2 Å². The van der Waals surface area contributed by atoms with Gasteiger partial charge in [-0.1, -0.05) is 29.3 Å². The minimum absolute atomic E-state index is 0.0139. The summed E-state index contributed by atoms with van der Waals surface area (Å²) in [5.41, 5.74) is 0.418. The molecule has 0 unspecified atom stereocenters. The van der Waals surface area contributed by atoms with E-state index in [9.17, 15) is 13.2 Å². The molecular formula is C16H9Cl2F3O2. The fourth-order valence-corrected chi connectivity index (χ4v) is 2.46. The highest BCUT2D eigenvalue weighted by molar-refractivity contribution is 6.32. The van der Waals surface area contributed by atoms with Crippen LogP contribution in [-0.4, -0.2) is 12.3 Å². The second-order valence-corrected chi connectivity index (χ2v) is 5.66. The van der Waals surface area contributed by atoms with Crippen LogP contribution in [0.25, 0.3) is 6.08 Å². The monoisotopic (exact) mass is 360 g/mol. The summed E-state index contributed by atoms with van der Waals surface area (Å²) in [7, 11) is 0. The van der Waals surface area contributed by atoms with Crippen molar-refractivity contribution in [3.63, 3.8) is 0 Å². The van der Waals surface area contributed by atoms with Crippen LogP contribution in [0.15, 0.2) is 42.5 Å². The topological polar surface area (TPSA) is 18.5 Å². The smallest absolute Gasteiger partial charge is 0.429 e. The Balaban J connectivity index is 1.88. The molecule has 1 atom stereocenters. The third kappa shape index (κ3) is 3.57. The molecule has 2 nitrogen and oxygen atoms in total. The minimum atomic E-state index is -4.49. The molecule has 0 N–H and O–H groups in total. The molecule has 3 rings (SSSR count). The maximum atomic E-state index is 12.7. The number of halogens is 5. The van der Waals surface area contributed by atoms with Crippen molar-refractivity contribution >= 4 is 29.3 Å². The molecule has 0 aromatic heterocycles. The zero-order chi connectivity index (χ0) is 16.6. The highest BCUT2D eigenvalue weighted by atomic mass is 35.5. The van der Waals surface area contributed by atoms with Gasteiger partial charge in [0, 0.05) is 16.7 Å². The number of rotatable bonds is 2. The summed E-state index contributed by atoms with van der Waals surface area (Å²) in [4.78, 5) is 0. The van der Waals surface area contributed by atoms with E-state index >= 15 is 0 Å². The third-order valence-corrected chi connectivity index (χ3v) is 3.65. The number of benzene rings is 2.